The van der Waals surface area contributed by atoms with Gasteiger partial charge in [0, 0.05) is 36.3 Å². The van der Waals surface area contributed by atoms with E-state index in [0.717, 1.165) is 17.4 Å². The fraction of sp³-hybridized carbons (Fsp3) is 0.348. The van der Waals surface area contributed by atoms with Gasteiger partial charge in [-0.2, -0.15) is 13.2 Å². The van der Waals surface area contributed by atoms with Crippen LogP contribution in [0.15, 0.2) is 24.0 Å². The van der Waals surface area contributed by atoms with E-state index in [1.165, 1.54) is 43.4 Å². The number of aromatic nitrogens is 4. The number of halogens is 3. The second-order valence-electron chi connectivity index (χ2n) is 8.09. The summed E-state index contributed by atoms with van der Waals surface area (Å²) in [7, 11) is 1.50. The van der Waals surface area contributed by atoms with Crippen LogP contribution >= 0.6 is 11.3 Å². The zero-order valence-electron chi connectivity index (χ0n) is 20.8. The quantitative estimate of drug-likeness (QED) is 0.365. The Bertz CT molecular complexity index is 1370. The van der Waals surface area contributed by atoms with Gasteiger partial charge in [0.15, 0.2) is 17.3 Å². The Morgan fingerprint density at radius 3 is 2.58 bits per heavy atom. The zero-order valence-corrected chi connectivity index (χ0v) is 21.6. The highest BCUT2D eigenvalue weighted by atomic mass is 32.1. The predicted octanol–water partition coefficient (Wildman–Crippen LogP) is 3.55. The lowest BCUT2D eigenvalue weighted by atomic mass is 10.1. The van der Waals surface area contributed by atoms with Crippen molar-refractivity contribution in [2.75, 3.05) is 24.2 Å². The number of rotatable bonds is 10. The SMILES string of the molecule is CCC(=O)CN(C=O)C(=O)c1c(NC)ncn1[C@@H](C)C(=O)Nc1csc(-c2cnc(C)c(C(F)(F)F)c2)n1. The number of nitrogens with zero attached hydrogens (tertiary/aromatic N) is 5. The van der Waals surface area contributed by atoms with E-state index < -0.39 is 36.1 Å². The van der Waals surface area contributed by atoms with Crippen molar-refractivity contribution in [2.24, 2.45) is 0 Å². The first-order valence-electron chi connectivity index (χ1n) is 11.2. The van der Waals surface area contributed by atoms with E-state index in [1.54, 1.807) is 6.92 Å². The van der Waals surface area contributed by atoms with E-state index in [2.05, 4.69) is 25.6 Å². The third-order valence-corrected chi connectivity index (χ3v) is 6.45. The summed E-state index contributed by atoms with van der Waals surface area (Å²) in [4.78, 5) is 62.2. The number of nitrogens with one attached hydrogen (secondary N) is 2. The summed E-state index contributed by atoms with van der Waals surface area (Å²) >= 11 is 1.01. The molecule has 3 aromatic heterocycles. The normalized spacial score (nSPS) is 12.1. The molecule has 15 heteroatoms. The third-order valence-electron chi connectivity index (χ3n) is 5.55. The fourth-order valence-electron chi connectivity index (χ4n) is 3.40. The Kier molecular flexibility index (Phi) is 8.60. The first-order valence-corrected chi connectivity index (χ1v) is 12.1. The average Bonchev–Trinajstić information content (AvgIpc) is 3.52. The lowest BCUT2D eigenvalue weighted by molar-refractivity contribution is -0.138. The van der Waals surface area contributed by atoms with Crippen molar-refractivity contribution in [3.63, 3.8) is 0 Å². The number of hydrogen-bond donors (Lipinski definition) is 2. The Labute approximate surface area is 219 Å². The van der Waals surface area contributed by atoms with Gasteiger partial charge in [0.25, 0.3) is 5.91 Å². The molecule has 0 aliphatic rings. The van der Waals surface area contributed by atoms with Crippen molar-refractivity contribution >= 4 is 47.0 Å². The molecule has 202 valence electrons. The van der Waals surface area contributed by atoms with E-state index >= 15 is 0 Å². The maximum absolute atomic E-state index is 13.3. The summed E-state index contributed by atoms with van der Waals surface area (Å²) < 4.78 is 41.0. The number of amides is 3. The van der Waals surface area contributed by atoms with Gasteiger partial charge in [0.1, 0.15) is 16.9 Å². The molecule has 0 saturated carbocycles. The number of alkyl halides is 3. The maximum Gasteiger partial charge on any atom is 0.418 e. The van der Waals surface area contributed by atoms with Crippen LogP contribution in [0.3, 0.4) is 0 Å². The molecule has 0 fully saturated rings. The Balaban J connectivity index is 1.83. The van der Waals surface area contributed by atoms with Crippen molar-refractivity contribution in [3.05, 3.63) is 40.9 Å². The number of hydrogen-bond acceptors (Lipinski definition) is 9. The minimum absolute atomic E-state index is 0.0841. The second-order valence-corrected chi connectivity index (χ2v) is 8.95. The summed E-state index contributed by atoms with van der Waals surface area (Å²) in [5.74, 6) is -1.60. The summed E-state index contributed by atoms with van der Waals surface area (Å²) in [6.45, 7) is 3.90. The largest absolute Gasteiger partial charge is 0.418 e. The molecule has 0 saturated heterocycles. The van der Waals surface area contributed by atoms with Gasteiger partial charge in [0.05, 0.1) is 18.4 Å². The molecular weight excluding hydrogens is 527 g/mol. The highest BCUT2D eigenvalue weighted by Gasteiger charge is 2.34. The molecule has 3 rings (SSSR count). The summed E-state index contributed by atoms with van der Waals surface area (Å²) in [5, 5.41) is 6.95. The van der Waals surface area contributed by atoms with Gasteiger partial charge in [-0.3, -0.25) is 29.1 Å². The molecule has 0 radical (unpaired) electrons. The number of carbonyl (C=O) groups excluding carboxylic acids is 4. The van der Waals surface area contributed by atoms with Crippen LogP contribution in [0.2, 0.25) is 0 Å². The van der Waals surface area contributed by atoms with E-state index in [1.807, 2.05) is 0 Å². The minimum Gasteiger partial charge on any atom is -0.371 e. The van der Waals surface area contributed by atoms with Gasteiger partial charge < -0.3 is 15.2 Å². The number of imide groups is 1. The number of Topliss-reactive ketones (excluding diaryl/α,β-unsaturated/α-hetero) is 1. The number of carbonyl (C=O) groups is 4. The molecular formula is C23H24F3N7O4S. The van der Waals surface area contributed by atoms with Crippen LogP contribution in [0.5, 0.6) is 0 Å². The molecule has 3 amide bonds. The predicted molar refractivity (Wildman–Crippen MR) is 133 cm³/mol. The van der Waals surface area contributed by atoms with E-state index in [-0.39, 0.29) is 52.2 Å². The second kappa shape index (κ2) is 11.5. The van der Waals surface area contributed by atoms with Gasteiger partial charge >= 0.3 is 6.18 Å². The Hall–Kier alpha value is -4.14. The van der Waals surface area contributed by atoms with Crippen molar-refractivity contribution in [2.45, 2.75) is 39.4 Å². The van der Waals surface area contributed by atoms with E-state index in [0.29, 0.717) is 4.90 Å². The van der Waals surface area contributed by atoms with Crippen LogP contribution in [0.4, 0.5) is 24.8 Å². The molecule has 11 nitrogen and oxygen atoms in total. The summed E-state index contributed by atoms with van der Waals surface area (Å²) in [5.41, 5.74) is -1.03. The van der Waals surface area contributed by atoms with Crippen LogP contribution in [-0.4, -0.2) is 62.0 Å². The minimum atomic E-state index is -4.58. The van der Waals surface area contributed by atoms with E-state index in [9.17, 15) is 32.3 Å². The van der Waals surface area contributed by atoms with Crippen molar-refractivity contribution in [1.29, 1.82) is 0 Å². The smallest absolute Gasteiger partial charge is 0.371 e. The molecule has 0 aliphatic heterocycles. The van der Waals surface area contributed by atoms with Crippen LogP contribution in [0, 0.1) is 6.92 Å². The number of aryl methyl sites for hydroxylation is 1. The van der Waals surface area contributed by atoms with Gasteiger partial charge in [-0.25, -0.2) is 9.97 Å². The lowest BCUT2D eigenvalue weighted by Gasteiger charge is -2.19. The molecule has 0 aromatic carbocycles. The highest BCUT2D eigenvalue weighted by Crippen LogP contribution is 2.35. The first-order chi connectivity index (χ1) is 17.9. The van der Waals surface area contributed by atoms with Gasteiger partial charge in [-0.05, 0) is 19.9 Å². The van der Waals surface area contributed by atoms with Gasteiger partial charge in [0.2, 0.25) is 12.3 Å². The highest BCUT2D eigenvalue weighted by molar-refractivity contribution is 7.13. The number of pyridine rings is 1. The zero-order chi connectivity index (χ0) is 28.2. The molecule has 0 spiro atoms. The number of imidazole rings is 1. The molecule has 0 bridgehead atoms. The lowest BCUT2D eigenvalue weighted by Crippen LogP contribution is -2.37. The van der Waals surface area contributed by atoms with Crippen LogP contribution in [0.1, 0.15) is 48.1 Å². The Morgan fingerprint density at radius 1 is 1.26 bits per heavy atom. The molecule has 2 N–H and O–H groups in total. The molecule has 3 heterocycles. The van der Waals surface area contributed by atoms with Crippen molar-refractivity contribution in [1.82, 2.24) is 24.4 Å². The third kappa shape index (κ3) is 6.04. The maximum atomic E-state index is 13.3. The monoisotopic (exact) mass is 551 g/mol. The molecule has 3 aromatic rings. The number of thiazole rings is 1. The topological polar surface area (TPSA) is 139 Å². The summed E-state index contributed by atoms with van der Waals surface area (Å²) in [6, 6.07) is -0.0814. The van der Waals surface area contributed by atoms with Gasteiger partial charge in [-0.15, -0.1) is 11.3 Å². The van der Waals surface area contributed by atoms with Crippen molar-refractivity contribution < 1.29 is 32.3 Å². The first kappa shape index (κ1) is 28.4. The summed E-state index contributed by atoms with van der Waals surface area (Å²) in [6.07, 6.45) is -1.72. The number of anilines is 2. The Morgan fingerprint density at radius 2 is 1.97 bits per heavy atom. The number of ketones is 1. The van der Waals surface area contributed by atoms with Crippen LogP contribution in [0.25, 0.3) is 10.6 Å². The molecule has 38 heavy (non-hydrogen) atoms. The fourth-order valence-corrected chi connectivity index (χ4v) is 4.14. The van der Waals surface area contributed by atoms with Crippen LogP contribution < -0.4 is 10.6 Å². The van der Waals surface area contributed by atoms with Crippen molar-refractivity contribution in [3.8, 4) is 10.6 Å². The standard InChI is InChI=1S/C23H24F3N7O4S/c1-5-15(35)8-32(11-34)22(37)18-19(27-4)29-10-33(18)13(3)20(36)30-17-9-38-21(31-17)14-6-16(23(24,25)26)12(2)28-7-14/h6-7,9-11,13,27H,5,8H2,1-4H3,(H,30,36)/t13-/m0/s1. The average molecular weight is 552 g/mol. The molecule has 0 unspecified atom stereocenters. The molecule has 0 aliphatic carbocycles. The van der Waals surface area contributed by atoms with Crippen LogP contribution in [-0.2, 0) is 20.6 Å². The van der Waals surface area contributed by atoms with Gasteiger partial charge in [-0.1, -0.05) is 6.92 Å². The van der Waals surface area contributed by atoms with E-state index in [4.69, 9.17) is 0 Å². The molecule has 1 atom stereocenters.